The number of nitrogens with zero attached hydrogens (tertiary/aromatic N) is 5. The maximum absolute atomic E-state index is 12.8. The van der Waals surface area contributed by atoms with Crippen molar-refractivity contribution in [1.29, 1.82) is 0 Å². The van der Waals surface area contributed by atoms with Crippen LogP contribution in [0.5, 0.6) is 11.5 Å². The molecule has 0 aliphatic carbocycles. The summed E-state index contributed by atoms with van der Waals surface area (Å²) in [5.41, 5.74) is -2.02. The van der Waals surface area contributed by atoms with Crippen LogP contribution in [-0.2, 0) is 23.7 Å². The van der Waals surface area contributed by atoms with Crippen LogP contribution in [0, 0.1) is 10.1 Å². The maximum atomic E-state index is 12.8. The van der Waals surface area contributed by atoms with E-state index >= 15 is 0 Å². The van der Waals surface area contributed by atoms with E-state index in [1.807, 2.05) is 0 Å². The van der Waals surface area contributed by atoms with Crippen LogP contribution < -0.4 is 20.7 Å². The lowest BCUT2D eigenvalue weighted by Gasteiger charge is -2.09. The number of benzene rings is 1. The monoisotopic (exact) mass is 531 g/mol. The van der Waals surface area contributed by atoms with Crippen molar-refractivity contribution in [3.8, 4) is 11.5 Å². The predicted molar refractivity (Wildman–Crippen MR) is 127 cm³/mol. The molecule has 38 heavy (non-hydrogen) atoms. The molecular weight excluding hydrogens is 510 g/mol. The first-order valence-electron chi connectivity index (χ1n) is 10.7. The molecule has 0 atom stereocenters. The van der Waals surface area contributed by atoms with Gasteiger partial charge in [-0.05, 0) is 18.6 Å². The van der Waals surface area contributed by atoms with Crippen LogP contribution in [0.4, 0.5) is 0 Å². The highest BCUT2D eigenvalue weighted by atomic mass is 16.9. The third-order valence-corrected chi connectivity index (χ3v) is 5.21. The standard InChI is InChI=1S/C22H21N5O11/c1-24-19-18(21(32)25(2)22(24)33)26(11-23-19)20(31)16(29)10-15(28)12-7-13(36-3)9-14(8-12)38-17(30)5-4-6-37-27(34)35/h7-11,29H,4-6H2,1-3H3. The number of esters is 1. The van der Waals surface area contributed by atoms with E-state index in [9.17, 15) is 39.2 Å². The van der Waals surface area contributed by atoms with Gasteiger partial charge in [0.1, 0.15) is 17.8 Å². The molecule has 16 nitrogen and oxygen atoms in total. The smallest absolute Gasteiger partial charge is 0.332 e. The number of carbonyl (C=O) groups excluding carboxylic acids is 3. The molecule has 3 aromatic rings. The third-order valence-electron chi connectivity index (χ3n) is 5.21. The minimum Gasteiger partial charge on any atom is -0.503 e. The summed E-state index contributed by atoms with van der Waals surface area (Å²) in [6, 6.07) is 3.72. The topological polar surface area (TPSA) is 204 Å². The van der Waals surface area contributed by atoms with Crippen molar-refractivity contribution >= 4 is 28.8 Å². The number of aromatic nitrogens is 4. The van der Waals surface area contributed by atoms with Gasteiger partial charge < -0.3 is 19.4 Å². The molecule has 200 valence electrons. The van der Waals surface area contributed by atoms with Gasteiger partial charge in [-0.25, -0.2) is 9.78 Å². The molecule has 0 fully saturated rings. The summed E-state index contributed by atoms with van der Waals surface area (Å²) >= 11 is 0. The maximum Gasteiger partial charge on any atom is 0.332 e. The average molecular weight is 531 g/mol. The number of aryl methyl sites for hydroxylation is 1. The van der Waals surface area contributed by atoms with E-state index in [0.717, 1.165) is 21.5 Å². The average Bonchev–Trinajstić information content (AvgIpc) is 3.33. The third kappa shape index (κ3) is 5.75. The number of hydrogen-bond donors (Lipinski definition) is 1. The van der Waals surface area contributed by atoms with E-state index in [4.69, 9.17) is 9.47 Å². The Hall–Kier alpha value is -5.28. The van der Waals surface area contributed by atoms with Crippen LogP contribution in [0.15, 0.2) is 46.0 Å². The van der Waals surface area contributed by atoms with Gasteiger partial charge >= 0.3 is 11.7 Å². The zero-order valence-corrected chi connectivity index (χ0v) is 20.3. The Morgan fingerprint density at radius 2 is 1.82 bits per heavy atom. The molecule has 0 amide bonds. The van der Waals surface area contributed by atoms with Crippen LogP contribution in [0.3, 0.4) is 0 Å². The van der Waals surface area contributed by atoms with Gasteiger partial charge in [0.2, 0.25) is 0 Å². The highest BCUT2D eigenvalue weighted by Gasteiger charge is 2.22. The minimum absolute atomic E-state index is 0.00842. The Labute approximate surface area is 212 Å². The number of fused-ring (bicyclic) bond motifs is 1. The quantitative estimate of drug-likeness (QED) is 0.0548. The molecule has 1 aromatic carbocycles. The second-order valence-electron chi connectivity index (χ2n) is 7.72. The van der Waals surface area contributed by atoms with E-state index in [1.165, 1.54) is 33.3 Å². The zero-order chi connectivity index (χ0) is 28.1. The fourth-order valence-corrected chi connectivity index (χ4v) is 3.32. The number of aliphatic hydroxyl groups excluding tert-OH is 1. The van der Waals surface area contributed by atoms with Crippen molar-refractivity contribution in [2.75, 3.05) is 13.7 Å². The number of allylic oxidation sites excluding steroid dienone is 2. The Bertz CT molecular complexity index is 1600. The molecule has 0 spiro atoms. The van der Waals surface area contributed by atoms with Gasteiger partial charge in [-0.2, -0.15) is 0 Å². The summed E-state index contributed by atoms with van der Waals surface area (Å²) in [6.07, 6.45) is 1.32. The SMILES string of the molecule is COc1cc(OC(=O)CCCO[N+](=O)[O-])cc(C(=O)C=C(O)C(=O)n2cnc3c2c(=O)n(C)c(=O)n3C)c1. The van der Waals surface area contributed by atoms with Gasteiger partial charge in [-0.15, -0.1) is 10.1 Å². The number of hydrogen-bond acceptors (Lipinski definition) is 12. The number of methoxy groups -OCH3 is 1. The number of ether oxygens (including phenoxy) is 2. The Morgan fingerprint density at radius 1 is 1.13 bits per heavy atom. The van der Waals surface area contributed by atoms with Gasteiger partial charge in [0.25, 0.3) is 16.6 Å². The first-order chi connectivity index (χ1) is 17.9. The van der Waals surface area contributed by atoms with Gasteiger partial charge in [0.05, 0.1) is 13.7 Å². The van der Waals surface area contributed by atoms with E-state index in [-0.39, 0.29) is 47.7 Å². The Morgan fingerprint density at radius 3 is 2.47 bits per heavy atom. The van der Waals surface area contributed by atoms with Gasteiger partial charge in [0, 0.05) is 38.2 Å². The summed E-state index contributed by atoms with van der Waals surface area (Å²) in [5, 5.41) is 19.5. The molecule has 0 saturated carbocycles. The van der Waals surface area contributed by atoms with Crippen LogP contribution in [0.2, 0.25) is 0 Å². The highest BCUT2D eigenvalue weighted by molar-refractivity contribution is 6.10. The summed E-state index contributed by atoms with van der Waals surface area (Å²) in [5.74, 6) is -3.84. The summed E-state index contributed by atoms with van der Waals surface area (Å²) in [4.78, 5) is 80.4. The van der Waals surface area contributed by atoms with E-state index < -0.39 is 39.8 Å². The van der Waals surface area contributed by atoms with Crippen molar-refractivity contribution in [3.63, 3.8) is 0 Å². The molecule has 0 saturated heterocycles. The predicted octanol–water partition coefficient (Wildman–Crippen LogP) is 0.301. The van der Waals surface area contributed by atoms with Crippen LogP contribution in [-0.4, -0.2) is 60.3 Å². The lowest BCUT2D eigenvalue weighted by atomic mass is 10.1. The molecule has 0 unspecified atom stereocenters. The van der Waals surface area contributed by atoms with Crippen molar-refractivity contribution < 1.29 is 38.9 Å². The van der Waals surface area contributed by atoms with Crippen molar-refractivity contribution in [3.05, 3.63) is 72.9 Å². The zero-order valence-electron chi connectivity index (χ0n) is 20.3. The molecule has 16 heteroatoms. The highest BCUT2D eigenvalue weighted by Crippen LogP contribution is 2.24. The molecule has 0 aliphatic rings. The van der Waals surface area contributed by atoms with Crippen molar-refractivity contribution in [2.24, 2.45) is 14.1 Å². The second kappa shape index (κ2) is 11.2. The van der Waals surface area contributed by atoms with Gasteiger partial charge in [-0.1, -0.05) is 0 Å². The number of imidazole rings is 1. The van der Waals surface area contributed by atoms with Gasteiger partial charge in [0.15, 0.2) is 22.7 Å². The molecule has 2 heterocycles. The molecule has 0 aliphatic heterocycles. The fraction of sp³-hybridized carbons (Fsp3) is 0.273. The van der Waals surface area contributed by atoms with Gasteiger partial charge in [-0.3, -0.25) is 32.9 Å². The van der Waals surface area contributed by atoms with Crippen molar-refractivity contribution in [1.82, 2.24) is 18.7 Å². The largest absolute Gasteiger partial charge is 0.503 e. The number of carbonyl (C=O) groups is 3. The Kier molecular flexibility index (Phi) is 8.04. The molecule has 0 bridgehead atoms. The van der Waals surface area contributed by atoms with E-state index in [0.29, 0.717) is 10.6 Å². The van der Waals surface area contributed by atoms with Crippen molar-refractivity contribution in [2.45, 2.75) is 12.8 Å². The number of rotatable bonds is 10. The number of aliphatic hydroxyl groups is 1. The minimum atomic E-state index is -1.16. The van der Waals surface area contributed by atoms with Crippen LogP contribution >= 0.6 is 0 Å². The molecule has 3 rings (SSSR count). The first-order valence-corrected chi connectivity index (χ1v) is 10.7. The normalized spacial score (nSPS) is 11.3. The lowest BCUT2D eigenvalue weighted by molar-refractivity contribution is -0.757. The molecule has 1 N–H and O–H groups in total. The molecule has 2 aromatic heterocycles. The second-order valence-corrected chi connectivity index (χ2v) is 7.72. The number of ketones is 1. The van der Waals surface area contributed by atoms with Crippen LogP contribution in [0.25, 0.3) is 11.2 Å². The summed E-state index contributed by atoms with van der Waals surface area (Å²) < 4.78 is 12.7. The van der Waals surface area contributed by atoms with Crippen LogP contribution in [0.1, 0.15) is 28.0 Å². The first kappa shape index (κ1) is 27.3. The fourth-order valence-electron chi connectivity index (χ4n) is 3.32. The summed E-state index contributed by atoms with van der Waals surface area (Å²) in [7, 11) is 3.84. The Balaban J connectivity index is 1.85. The molecule has 0 radical (unpaired) electrons. The lowest BCUT2D eigenvalue weighted by Crippen LogP contribution is -2.38. The summed E-state index contributed by atoms with van der Waals surface area (Å²) in [6.45, 7) is -0.309. The molecular formula is C22H21N5O11. The van der Waals surface area contributed by atoms with E-state index in [1.54, 1.807) is 0 Å². The van der Waals surface area contributed by atoms with E-state index in [2.05, 4.69) is 9.82 Å².